The summed E-state index contributed by atoms with van der Waals surface area (Å²) in [6.07, 6.45) is -0.119. The highest BCUT2D eigenvalue weighted by Gasteiger charge is 2.30. The Balaban J connectivity index is 1.28. The third kappa shape index (κ3) is 12.3. The number of nitrogens with two attached hydrogens (primary N) is 1. The smallest absolute Gasteiger partial charge is 0.416 e. The summed E-state index contributed by atoms with van der Waals surface area (Å²) in [6.45, 7) is 6.43. The monoisotopic (exact) mass is 663 g/mol. The molecule has 0 aliphatic carbocycles. The molecule has 47 heavy (non-hydrogen) atoms. The van der Waals surface area contributed by atoms with Gasteiger partial charge in [-0.2, -0.15) is 28.2 Å². The number of ether oxygens (including phenoxy) is 3. The third-order valence-corrected chi connectivity index (χ3v) is 7.76. The number of carbonyl (C=O) groups is 1. The van der Waals surface area contributed by atoms with Gasteiger partial charge in [-0.1, -0.05) is 12.1 Å². The molecule has 0 spiro atoms. The van der Waals surface area contributed by atoms with E-state index >= 15 is 0 Å². The molecular formula is C31H44F3N9O4. The minimum atomic E-state index is -4.33. The molecule has 2 aliphatic rings. The van der Waals surface area contributed by atoms with Gasteiger partial charge in [0.05, 0.1) is 51.2 Å². The fraction of sp³-hybridized carbons (Fsp3) is 0.581. The topological polar surface area (TPSA) is 152 Å². The van der Waals surface area contributed by atoms with Crippen molar-refractivity contribution >= 4 is 35.5 Å². The summed E-state index contributed by atoms with van der Waals surface area (Å²) in [6, 6.07) is 7.50. The number of aromatic nitrogens is 2. The van der Waals surface area contributed by atoms with E-state index in [4.69, 9.17) is 25.3 Å². The Labute approximate surface area is 272 Å². The van der Waals surface area contributed by atoms with Crippen molar-refractivity contribution in [2.24, 2.45) is 15.9 Å². The van der Waals surface area contributed by atoms with Crippen LogP contribution in [0.2, 0.25) is 0 Å². The average Bonchev–Trinajstić information content (AvgIpc) is 3.08. The number of anilines is 3. The normalized spacial score (nSPS) is 16.9. The number of rotatable bonds is 16. The first-order chi connectivity index (χ1) is 22.7. The number of benzene rings is 1. The van der Waals surface area contributed by atoms with Crippen LogP contribution in [0.15, 0.2) is 40.4 Å². The molecule has 258 valence electrons. The van der Waals surface area contributed by atoms with Crippen LogP contribution in [0.25, 0.3) is 0 Å². The van der Waals surface area contributed by atoms with Crippen LogP contribution in [0.1, 0.15) is 36.8 Å². The zero-order valence-corrected chi connectivity index (χ0v) is 26.7. The number of nitrogens with one attached hydrogen (secondary N) is 2. The van der Waals surface area contributed by atoms with Gasteiger partial charge in [0.25, 0.3) is 0 Å². The minimum absolute atomic E-state index is 0.178. The Morgan fingerprint density at radius 2 is 1.87 bits per heavy atom. The van der Waals surface area contributed by atoms with Crippen molar-refractivity contribution in [3.05, 3.63) is 41.5 Å². The van der Waals surface area contributed by atoms with Crippen molar-refractivity contribution in [3.8, 4) is 0 Å². The second-order valence-corrected chi connectivity index (χ2v) is 11.2. The zero-order chi connectivity index (χ0) is 33.5. The van der Waals surface area contributed by atoms with Crippen LogP contribution in [-0.4, -0.2) is 112 Å². The van der Waals surface area contributed by atoms with Crippen molar-refractivity contribution in [1.82, 2.24) is 14.9 Å². The first kappa shape index (κ1) is 35.8. The largest absolute Gasteiger partial charge is 0.469 e. The lowest BCUT2D eigenvalue weighted by Gasteiger charge is -2.33. The van der Waals surface area contributed by atoms with Gasteiger partial charge in [-0.15, -0.1) is 0 Å². The van der Waals surface area contributed by atoms with Crippen molar-refractivity contribution in [2.75, 3.05) is 88.3 Å². The fourth-order valence-electron chi connectivity index (χ4n) is 5.13. The average molecular weight is 664 g/mol. The summed E-state index contributed by atoms with van der Waals surface area (Å²) < 4.78 is 54.2. The quantitative estimate of drug-likeness (QED) is 0.0799. The number of aliphatic imine (C=N–C) groups is 1. The third-order valence-electron chi connectivity index (χ3n) is 7.76. The lowest BCUT2D eigenvalue weighted by Crippen LogP contribution is -2.39. The van der Waals surface area contributed by atoms with E-state index in [1.165, 1.54) is 7.11 Å². The molecule has 4 N–H and O–H groups in total. The first-order valence-electron chi connectivity index (χ1n) is 15.8. The van der Waals surface area contributed by atoms with Crippen molar-refractivity contribution in [3.63, 3.8) is 0 Å². The van der Waals surface area contributed by atoms with Gasteiger partial charge in [-0.25, -0.2) is 0 Å². The van der Waals surface area contributed by atoms with Crippen LogP contribution in [-0.2, 0) is 31.7 Å². The zero-order valence-electron chi connectivity index (χ0n) is 26.7. The number of hydrogen-bond donors (Lipinski definition) is 3. The van der Waals surface area contributed by atoms with E-state index in [1.54, 1.807) is 18.3 Å². The maximum atomic E-state index is 12.9. The van der Waals surface area contributed by atoms with E-state index in [9.17, 15) is 18.0 Å². The van der Waals surface area contributed by atoms with E-state index in [-0.39, 0.29) is 25.0 Å². The Kier molecular flexibility index (Phi) is 14.0. The second kappa shape index (κ2) is 18.4. The summed E-state index contributed by atoms with van der Waals surface area (Å²) in [5.41, 5.74) is 0.747. The molecule has 16 heteroatoms. The Bertz CT molecular complexity index is 1310. The van der Waals surface area contributed by atoms with Gasteiger partial charge in [0, 0.05) is 64.2 Å². The van der Waals surface area contributed by atoms with E-state index < -0.39 is 11.7 Å². The number of methoxy groups -OCH3 is 1. The minimum Gasteiger partial charge on any atom is -0.469 e. The Morgan fingerprint density at radius 1 is 1.13 bits per heavy atom. The molecule has 2 aromatic rings. The highest BCUT2D eigenvalue weighted by molar-refractivity contribution is 6.32. The number of morpholine rings is 1. The van der Waals surface area contributed by atoms with Crippen LogP contribution in [0.5, 0.6) is 0 Å². The number of alkyl halides is 3. The predicted molar refractivity (Wildman–Crippen MR) is 174 cm³/mol. The highest BCUT2D eigenvalue weighted by atomic mass is 19.4. The van der Waals surface area contributed by atoms with Crippen molar-refractivity contribution < 1.29 is 32.2 Å². The SMILES string of the molecule is COC(=O)CCOCCCN=C/C(CNc1nc(NC2CCN(Cc3ccc(C(F)(F)F)cc3)CC2)cc(N2CCOCC2)n1)=N\N. The van der Waals surface area contributed by atoms with E-state index in [0.29, 0.717) is 76.5 Å². The molecule has 13 nitrogen and oxygen atoms in total. The van der Waals surface area contributed by atoms with Crippen molar-refractivity contribution in [1.29, 1.82) is 0 Å². The molecule has 0 bridgehead atoms. The standard InChI is InChI=1S/C31H44F3N9O4/c1-45-29(44)9-16-46-15-2-10-36-20-26(41-35)21-37-30-39-27(19-28(40-30)43-13-17-47-18-14-43)38-25-7-11-42(12-8-25)22-23-3-5-24(6-4-23)31(32,33)34/h3-6,19-20,25H,2,7-18,21-22,35H2,1H3,(H2,37,38,39,40)/b36-20?,41-26+. The number of nitrogens with zero attached hydrogens (tertiary/aromatic N) is 6. The molecule has 3 heterocycles. The van der Waals surface area contributed by atoms with Crippen LogP contribution in [0.4, 0.5) is 30.8 Å². The fourth-order valence-corrected chi connectivity index (χ4v) is 5.13. The number of piperidine rings is 1. The van der Waals surface area contributed by atoms with Crippen LogP contribution in [0.3, 0.4) is 0 Å². The molecule has 0 radical (unpaired) electrons. The summed E-state index contributed by atoms with van der Waals surface area (Å²) in [7, 11) is 1.34. The molecule has 0 saturated carbocycles. The molecule has 1 aromatic carbocycles. The van der Waals surface area contributed by atoms with Crippen LogP contribution in [0, 0.1) is 0 Å². The van der Waals surface area contributed by atoms with Gasteiger partial charge < -0.3 is 35.6 Å². The van der Waals surface area contributed by atoms with Gasteiger partial charge in [-0.3, -0.25) is 14.7 Å². The summed E-state index contributed by atoms with van der Waals surface area (Å²) in [4.78, 5) is 29.3. The molecule has 2 saturated heterocycles. The van der Waals surface area contributed by atoms with Crippen molar-refractivity contribution in [2.45, 2.75) is 44.4 Å². The van der Waals surface area contributed by atoms with Gasteiger partial charge in [0.15, 0.2) is 0 Å². The van der Waals surface area contributed by atoms with E-state index in [0.717, 1.165) is 49.4 Å². The number of esters is 1. The summed E-state index contributed by atoms with van der Waals surface area (Å²) in [5, 5.41) is 10.6. The number of hydrazone groups is 1. The van der Waals surface area contributed by atoms with Gasteiger partial charge in [0.2, 0.25) is 5.95 Å². The second-order valence-electron chi connectivity index (χ2n) is 11.2. The molecule has 4 rings (SSSR count). The highest BCUT2D eigenvalue weighted by Crippen LogP contribution is 2.29. The molecule has 0 amide bonds. The van der Waals surface area contributed by atoms with Crippen LogP contribution < -0.4 is 21.4 Å². The number of hydrogen-bond acceptors (Lipinski definition) is 13. The van der Waals surface area contributed by atoms with Gasteiger partial charge in [-0.05, 0) is 37.0 Å². The Hall–Kier alpha value is -4.02. The molecular weight excluding hydrogens is 619 g/mol. The molecule has 1 aromatic heterocycles. The number of halogens is 3. The maximum Gasteiger partial charge on any atom is 0.416 e. The summed E-state index contributed by atoms with van der Waals surface area (Å²) >= 11 is 0. The maximum absolute atomic E-state index is 12.9. The lowest BCUT2D eigenvalue weighted by atomic mass is 10.0. The molecule has 0 atom stereocenters. The van der Waals surface area contributed by atoms with Crippen LogP contribution >= 0.6 is 0 Å². The predicted octanol–water partition coefficient (Wildman–Crippen LogP) is 3.18. The number of carbonyl (C=O) groups excluding carboxylic acids is 1. The van der Waals surface area contributed by atoms with E-state index in [1.807, 2.05) is 6.07 Å². The molecule has 0 unspecified atom stereocenters. The molecule has 2 aliphatic heterocycles. The lowest BCUT2D eigenvalue weighted by molar-refractivity contribution is -0.142. The summed E-state index contributed by atoms with van der Waals surface area (Å²) in [5.74, 6) is 7.19. The first-order valence-corrected chi connectivity index (χ1v) is 15.8. The van der Waals surface area contributed by atoms with Gasteiger partial charge in [0.1, 0.15) is 11.6 Å². The van der Waals surface area contributed by atoms with Gasteiger partial charge >= 0.3 is 12.1 Å². The number of likely N-dealkylation sites (tertiary alicyclic amines) is 1. The molecule has 2 fully saturated rings. The Morgan fingerprint density at radius 3 is 2.55 bits per heavy atom. The van der Waals surface area contributed by atoms with E-state index in [2.05, 4.69) is 35.3 Å².